The van der Waals surface area contributed by atoms with Crippen molar-refractivity contribution in [1.29, 1.82) is 0 Å². The van der Waals surface area contributed by atoms with Gasteiger partial charge in [-0.05, 0) is 5.56 Å². The minimum Gasteiger partial charge on any atom is -0.481 e. The van der Waals surface area contributed by atoms with Gasteiger partial charge in [-0.1, -0.05) is 30.3 Å². The summed E-state index contributed by atoms with van der Waals surface area (Å²) in [4.78, 5) is 10.4. The molecule has 0 radical (unpaired) electrons. The Morgan fingerprint density at radius 3 is 2.36 bits per heavy atom. The van der Waals surface area contributed by atoms with E-state index in [9.17, 15) is 4.79 Å². The van der Waals surface area contributed by atoms with Gasteiger partial charge in [0.1, 0.15) is 0 Å². The van der Waals surface area contributed by atoms with Crippen molar-refractivity contribution in [2.75, 3.05) is 0 Å². The number of carboxylic acid groups (broad SMARTS) is 1. The fraction of sp³-hybridized carbons (Fsp3) is 0.300. The molecule has 2 atom stereocenters. The summed E-state index contributed by atoms with van der Waals surface area (Å²) in [6, 6.07) is 8.28. The summed E-state index contributed by atoms with van der Waals surface area (Å²) >= 11 is 0. The van der Waals surface area contributed by atoms with Crippen molar-refractivity contribution in [1.82, 2.24) is 0 Å². The Kier molecular flexibility index (Phi) is 3.62. The molecule has 0 fully saturated rings. The third kappa shape index (κ3) is 2.83. The lowest BCUT2D eigenvalue weighted by molar-refractivity contribution is -0.137. The zero-order valence-corrected chi connectivity index (χ0v) is 7.76. The first-order valence-electron chi connectivity index (χ1n) is 4.39. The molecule has 1 aromatic rings. The molecule has 0 spiro atoms. The first-order valence-corrected chi connectivity index (χ1v) is 4.39. The Hall–Kier alpha value is -1.39. The van der Waals surface area contributed by atoms with Crippen molar-refractivity contribution >= 4 is 5.97 Å². The van der Waals surface area contributed by atoms with E-state index in [1.165, 1.54) is 0 Å². The highest BCUT2D eigenvalue weighted by atomic mass is 16.4. The summed E-state index contributed by atoms with van der Waals surface area (Å²) in [7, 11) is 0. The molecule has 0 aliphatic rings. The van der Waals surface area contributed by atoms with Gasteiger partial charge in [0.25, 0.3) is 0 Å². The maximum atomic E-state index is 10.4. The molecule has 4 heteroatoms. The lowest BCUT2D eigenvalue weighted by atomic mass is 9.99. The monoisotopic (exact) mass is 194 g/mol. The van der Waals surface area contributed by atoms with E-state index in [-0.39, 0.29) is 6.42 Å². The van der Waals surface area contributed by atoms with Crippen LogP contribution < -0.4 is 11.5 Å². The van der Waals surface area contributed by atoms with E-state index < -0.39 is 18.1 Å². The quantitative estimate of drug-likeness (QED) is 0.650. The lowest BCUT2D eigenvalue weighted by Crippen LogP contribution is -2.35. The summed E-state index contributed by atoms with van der Waals surface area (Å²) in [5.41, 5.74) is 12.3. The number of carbonyl (C=O) groups is 1. The van der Waals surface area contributed by atoms with E-state index in [4.69, 9.17) is 16.6 Å². The minimum atomic E-state index is -0.927. The van der Waals surface area contributed by atoms with Crippen molar-refractivity contribution in [3.63, 3.8) is 0 Å². The average Bonchev–Trinajstić information content (AvgIpc) is 2.17. The van der Waals surface area contributed by atoms with Gasteiger partial charge in [-0.3, -0.25) is 4.79 Å². The van der Waals surface area contributed by atoms with Crippen LogP contribution in [0.15, 0.2) is 30.3 Å². The van der Waals surface area contributed by atoms with E-state index in [0.29, 0.717) is 0 Å². The molecule has 0 saturated carbocycles. The molecule has 0 heterocycles. The molecule has 5 N–H and O–H groups in total. The van der Waals surface area contributed by atoms with Gasteiger partial charge < -0.3 is 16.6 Å². The van der Waals surface area contributed by atoms with Crippen molar-refractivity contribution < 1.29 is 9.90 Å². The molecule has 2 unspecified atom stereocenters. The third-order valence-electron chi connectivity index (χ3n) is 2.06. The predicted molar refractivity (Wildman–Crippen MR) is 53.6 cm³/mol. The summed E-state index contributed by atoms with van der Waals surface area (Å²) in [5, 5.41) is 8.54. The fourth-order valence-corrected chi connectivity index (χ4v) is 1.25. The second kappa shape index (κ2) is 4.74. The number of benzene rings is 1. The van der Waals surface area contributed by atoms with Crippen LogP contribution in [-0.4, -0.2) is 17.1 Å². The van der Waals surface area contributed by atoms with Crippen LogP contribution in [0.4, 0.5) is 0 Å². The first kappa shape index (κ1) is 10.7. The molecule has 0 saturated heterocycles. The second-order valence-corrected chi connectivity index (χ2v) is 3.20. The molecule has 0 aliphatic carbocycles. The van der Waals surface area contributed by atoms with E-state index in [1.807, 2.05) is 30.3 Å². The van der Waals surface area contributed by atoms with Gasteiger partial charge in [-0.2, -0.15) is 0 Å². The van der Waals surface area contributed by atoms with Crippen LogP contribution in [0.3, 0.4) is 0 Å². The van der Waals surface area contributed by atoms with E-state index in [1.54, 1.807) is 0 Å². The number of aliphatic carboxylic acids is 1. The Balaban J connectivity index is 2.65. The van der Waals surface area contributed by atoms with Crippen molar-refractivity contribution in [3.8, 4) is 0 Å². The lowest BCUT2D eigenvalue weighted by Gasteiger charge is -2.18. The van der Waals surface area contributed by atoms with Crippen LogP contribution in [0, 0.1) is 0 Å². The highest BCUT2D eigenvalue weighted by Crippen LogP contribution is 2.14. The average molecular weight is 194 g/mol. The molecule has 4 nitrogen and oxygen atoms in total. The minimum absolute atomic E-state index is 0.115. The zero-order chi connectivity index (χ0) is 10.6. The number of rotatable bonds is 4. The van der Waals surface area contributed by atoms with Crippen LogP contribution in [-0.2, 0) is 4.79 Å². The number of hydrogen-bond donors (Lipinski definition) is 3. The zero-order valence-electron chi connectivity index (χ0n) is 7.76. The number of hydrogen-bond acceptors (Lipinski definition) is 3. The van der Waals surface area contributed by atoms with Gasteiger partial charge in [0, 0.05) is 12.1 Å². The van der Waals surface area contributed by atoms with E-state index in [0.717, 1.165) is 5.56 Å². The molecule has 1 aromatic carbocycles. The van der Waals surface area contributed by atoms with Gasteiger partial charge >= 0.3 is 5.97 Å². The van der Waals surface area contributed by atoms with Crippen molar-refractivity contribution in [3.05, 3.63) is 35.9 Å². The highest BCUT2D eigenvalue weighted by molar-refractivity contribution is 5.67. The molecule has 0 aromatic heterocycles. The second-order valence-electron chi connectivity index (χ2n) is 3.20. The van der Waals surface area contributed by atoms with Gasteiger partial charge in [-0.15, -0.1) is 0 Å². The smallest absolute Gasteiger partial charge is 0.304 e. The van der Waals surface area contributed by atoms with Gasteiger partial charge in [0.2, 0.25) is 0 Å². The Labute approximate surface area is 82.5 Å². The van der Waals surface area contributed by atoms with Crippen LogP contribution in [0.2, 0.25) is 0 Å². The van der Waals surface area contributed by atoms with Crippen LogP contribution in [0.5, 0.6) is 0 Å². The maximum absolute atomic E-state index is 10.4. The third-order valence-corrected chi connectivity index (χ3v) is 2.06. The Morgan fingerprint density at radius 1 is 1.29 bits per heavy atom. The van der Waals surface area contributed by atoms with E-state index >= 15 is 0 Å². The SMILES string of the molecule is NC(CC(=O)O)C(N)c1ccccc1. The summed E-state index contributed by atoms with van der Waals surface area (Å²) in [6.45, 7) is 0. The summed E-state index contributed by atoms with van der Waals surface area (Å²) in [6.07, 6.45) is -0.115. The fourth-order valence-electron chi connectivity index (χ4n) is 1.25. The van der Waals surface area contributed by atoms with Crippen molar-refractivity contribution in [2.45, 2.75) is 18.5 Å². The molecule has 1 rings (SSSR count). The molecule has 14 heavy (non-hydrogen) atoms. The molecular formula is C10H14N2O2. The predicted octanol–water partition coefficient (Wildman–Crippen LogP) is 0.488. The van der Waals surface area contributed by atoms with Crippen LogP contribution in [0.1, 0.15) is 18.0 Å². The first-order chi connectivity index (χ1) is 6.61. The van der Waals surface area contributed by atoms with Gasteiger partial charge in [0.05, 0.1) is 6.42 Å². The number of carboxylic acids is 1. The van der Waals surface area contributed by atoms with Crippen LogP contribution >= 0.6 is 0 Å². The molecule has 0 aliphatic heterocycles. The van der Waals surface area contributed by atoms with Crippen LogP contribution in [0.25, 0.3) is 0 Å². The molecule has 0 amide bonds. The van der Waals surface area contributed by atoms with Gasteiger partial charge in [-0.25, -0.2) is 0 Å². The summed E-state index contributed by atoms with van der Waals surface area (Å²) in [5.74, 6) is -0.927. The Morgan fingerprint density at radius 2 is 1.86 bits per heavy atom. The van der Waals surface area contributed by atoms with Crippen molar-refractivity contribution in [2.24, 2.45) is 11.5 Å². The standard InChI is InChI=1S/C10H14N2O2/c11-8(6-9(13)14)10(12)7-4-2-1-3-5-7/h1-5,8,10H,6,11-12H2,(H,13,14). The largest absolute Gasteiger partial charge is 0.481 e. The maximum Gasteiger partial charge on any atom is 0.304 e. The molecular weight excluding hydrogens is 180 g/mol. The highest BCUT2D eigenvalue weighted by Gasteiger charge is 2.17. The summed E-state index contributed by atoms with van der Waals surface area (Å²) < 4.78 is 0. The topological polar surface area (TPSA) is 89.3 Å². The van der Waals surface area contributed by atoms with Gasteiger partial charge in [0.15, 0.2) is 0 Å². The molecule has 76 valence electrons. The Bertz CT molecular complexity index is 300. The number of nitrogens with two attached hydrogens (primary N) is 2. The molecule has 0 bridgehead atoms. The van der Waals surface area contributed by atoms with E-state index in [2.05, 4.69) is 0 Å². The normalized spacial score (nSPS) is 14.7.